The third-order valence-electron chi connectivity index (χ3n) is 2.72. The third kappa shape index (κ3) is 4.62. The molecule has 2 rings (SSSR count). The summed E-state index contributed by atoms with van der Waals surface area (Å²) in [7, 11) is 0. The fraction of sp³-hybridized carbons (Fsp3) is 0.0625. The van der Waals surface area contributed by atoms with Gasteiger partial charge in [0.25, 0.3) is 0 Å². The highest BCUT2D eigenvalue weighted by atomic mass is 79.9. The van der Waals surface area contributed by atoms with Gasteiger partial charge in [-0.2, -0.15) is 0 Å². The predicted octanol–water partition coefficient (Wildman–Crippen LogP) is 4.78. The lowest BCUT2D eigenvalue weighted by atomic mass is 10.2. The first-order valence-corrected chi connectivity index (χ1v) is 7.30. The van der Waals surface area contributed by atoms with Gasteiger partial charge in [-0.05, 0) is 30.3 Å². The zero-order valence-electron chi connectivity index (χ0n) is 10.9. The standard InChI is InChI=1S/C16H12BrClO3/c17-14-4-2-1-3-12(14)10-21-15-7-6-13(18)9-11(15)5-8-16(19)20/h1-9H,10H2,(H,19,20)/b8-5-. The molecule has 0 aliphatic rings. The maximum absolute atomic E-state index is 10.6. The van der Waals surface area contributed by atoms with E-state index in [9.17, 15) is 4.79 Å². The van der Waals surface area contributed by atoms with Crippen LogP contribution in [-0.2, 0) is 11.4 Å². The molecule has 0 amide bonds. The van der Waals surface area contributed by atoms with Gasteiger partial charge in [-0.15, -0.1) is 0 Å². The summed E-state index contributed by atoms with van der Waals surface area (Å²) in [5.41, 5.74) is 1.62. The first-order chi connectivity index (χ1) is 10.1. The smallest absolute Gasteiger partial charge is 0.328 e. The molecule has 21 heavy (non-hydrogen) atoms. The molecule has 108 valence electrons. The second-order valence-electron chi connectivity index (χ2n) is 4.23. The first kappa shape index (κ1) is 15.6. The van der Waals surface area contributed by atoms with Gasteiger partial charge in [-0.1, -0.05) is 45.7 Å². The Bertz CT molecular complexity index is 683. The van der Waals surface area contributed by atoms with Gasteiger partial charge in [0.2, 0.25) is 0 Å². The van der Waals surface area contributed by atoms with E-state index in [4.69, 9.17) is 21.4 Å². The van der Waals surface area contributed by atoms with Crippen molar-refractivity contribution in [3.8, 4) is 5.75 Å². The molecule has 0 unspecified atom stereocenters. The number of ether oxygens (including phenoxy) is 1. The molecular formula is C16H12BrClO3. The number of benzene rings is 2. The van der Waals surface area contributed by atoms with E-state index >= 15 is 0 Å². The molecule has 0 aromatic heterocycles. The van der Waals surface area contributed by atoms with Crippen LogP contribution in [0.1, 0.15) is 11.1 Å². The minimum atomic E-state index is -1.02. The molecule has 2 aromatic rings. The third-order valence-corrected chi connectivity index (χ3v) is 3.73. The molecular weight excluding hydrogens is 356 g/mol. The average Bonchev–Trinajstić information content (AvgIpc) is 2.45. The molecule has 0 spiro atoms. The highest BCUT2D eigenvalue weighted by Gasteiger charge is 2.05. The molecule has 0 aliphatic heterocycles. The Balaban J connectivity index is 2.20. The molecule has 5 heteroatoms. The number of carboxylic acids is 1. The Hall–Kier alpha value is -1.78. The quantitative estimate of drug-likeness (QED) is 0.774. The lowest BCUT2D eigenvalue weighted by Crippen LogP contribution is -1.98. The molecule has 0 fully saturated rings. The lowest BCUT2D eigenvalue weighted by Gasteiger charge is -2.10. The molecule has 0 bridgehead atoms. The Morgan fingerprint density at radius 3 is 2.76 bits per heavy atom. The number of carboxylic acid groups (broad SMARTS) is 1. The van der Waals surface area contributed by atoms with E-state index in [0.29, 0.717) is 22.9 Å². The van der Waals surface area contributed by atoms with Crippen LogP contribution < -0.4 is 4.74 Å². The average molecular weight is 368 g/mol. The molecule has 0 radical (unpaired) electrons. The molecule has 0 saturated carbocycles. The number of rotatable bonds is 5. The van der Waals surface area contributed by atoms with Crippen LogP contribution in [-0.4, -0.2) is 11.1 Å². The first-order valence-electron chi connectivity index (χ1n) is 6.13. The SMILES string of the molecule is O=C(O)/C=C\c1cc(Cl)ccc1OCc1ccccc1Br. The van der Waals surface area contributed by atoms with Crippen molar-refractivity contribution in [2.24, 2.45) is 0 Å². The molecule has 0 saturated heterocycles. The van der Waals surface area contributed by atoms with Gasteiger partial charge in [0.05, 0.1) is 0 Å². The van der Waals surface area contributed by atoms with Crippen molar-refractivity contribution < 1.29 is 14.6 Å². The van der Waals surface area contributed by atoms with Crippen molar-refractivity contribution >= 4 is 39.6 Å². The van der Waals surface area contributed by atoms with Crippen molar-refractivity contribution in [3.63, 3.8) is 0 Å². The lowest BCUT2D eigenvalue weighted by molar-refractivity contribution is -0.131. The van der Waals surface area contributed by atoms with Crippen LogP contribution >= 0.6 is 27.5 Å². The van der Waals surface area contributed by atoms with Crippen LogP contribution in [0.15, 0.2) is 53.0 Å². The van der Waals surface area contributed by atoms with E-state index in [1.54, 1.807) is 18.2 Å². The van der Waals surface area contributed by atoms with Gasteiger partial charge in [0.1, 0.15) is 12.4 Å². The summed E-state index contributed by atoms with van der Waals surface area (Å²) < 4.78 is 6.72. The summed E-state index contributed by atoms with van der Waals surface area (Å²) in [6.07, 6.45) is 2.51. The monoisotopic (exact) mass is 366 g/mol. The summed E-state index contributed by atoms with van der Waals surface area (Å²) in [6.45, 7) is 0.372. The summed E-state index contributed by atoms with van der Waals surface area (Å²) >= 11 is 9.39. The van der Waals surface area contributed by atoms with Crippen LogP contribution in [0, 0.1) is 0 Å². The van der Waals surface area contributed by atoms with Gasteiger partial charge in [0, 0.05) is 26.7 Å². The van der Waals surface area contributed by atoms with Gasteiger partial charge in [-0.3, -0.25) is 0 Å². The largest absolute Gasteiger partial charge is 0.488 e. The Kier molecular flexibility index (Phi) is 5.42. The Morgan fingerprint density at radius 1 is 1.29 bits per heavy atom. The van der Waals surface area contributed by atoms with Crippen molar-refractivity contribution in [1.29, 1.82) is 0 Å². The van der Waals surface area contributed by atoms with Crippen molar-refractivity contribution in [1.82, 2.24) is 0 Å². The van der Waals surface area contributed by atoms with E-state index < -0.39 is 5.97 Å². The number of halogens is 2. The Labute approximate surface area is 135 Å². The summed E-state index contributed by atoms with van der Waals surface area (Å²) in [4.78, 5) is 10.6. The molecule has 0 atom stereocenters. The van der Waals surface area contributed by atoms with Gasteiger partial charge >= 0.3 is 5.97 Å². The zero-order valence-corrected chi connectivity index (χ0v) is 13.3. The van der Waals surface area contributed by atoms with Crippen LogP contribution in [0.5, 0.6) is 5.75 Å². The van der Waals surface area contributed by atoms with Crippen LogP contribution in [0.3, 0.4) is 0 Å². The molecule has 3 nitrogen and oxygen atoms in total. The van der Waals surface area contributed by atoms with E-state index in [1.807, 2.05) is 24.3 Å². The molecule has 0 aliphatic carbocycles. The molecule has 0 heterocycles. The molecule has 1 N–H and O–H groups in total. The summed E-state index contributed by atoms with van der Waals surface area (Å²) in [5.74, 6) is -0.445. The fourth-order valence-corrected chi connectivity index (χ4v) is 2.29. The van der Waals surface area contributed by atoms with Crippen LogP contribution in [0.4, 0.5) is 0 Å². The van der Waals surface area contributed by atoms with Crippen molar-refractivity contribution in [2.45, 2.75) is 6.61 Å². The molecule has 2 aromatic carbocycles. The maximum Gasteiger partial charge on any atom is 0.328 e. The van der Waals surface area contributed by atoms with Crippen molar-refractivity contribution in [3.05, 3.63) is 69.2 Å². The highest BCUT2D eigenvalue weighted by molar-refractivity contribution is 9.10. The van der Waals surface area contributed by atoms with E-state index in [0.717, 1.165) is 16.1 Å². The van der Waals surface area contributed by atoms with Crippen LogP contribution in [0.2, 0.25) is 5.02 Å². The van der Waals surface area contributed by atoms with E-state index in [2.05, 4.69) is 15.9 Å². The number of hydrogen-bond acceptors (Lipinski definition) is 2. The normalized spacial score (nSPS) is 10.8. The number of hydrogen-bond donors (Lipinski definition) is 1. The highest BCUT2D eigenvalue weighted by Crippen LogP contribution is 2.26. The van der Waals surface area contributed by atoms with Gasteiger partial charge in [-0.25, -0.2) is 4.79 Å². The summed E-state index contributed by atoms with van der Waals surface area (Å²) in [5, 5.41) is 9.23. The second-order valence-corrected chi connectivity index (χ2v) is 5.52. The second kappa shape index (κ2) is 7.29. The maximum atomic E-state index is 10.6. The number of carbonyl (C=O) groups is 1. The minimum absolute atomic E-state index is 0.372. The van der Waals surface area contributed by atoms with Crippen molar-refractivity contribution in [2.75, 3.05) is 0 Å². The van der Waals surface area contributed by atoms with Crippen LogP contribution in [0.25, 0.3) is 6.08 Å². The predicted molar refractivity (Wildman–Crippen MR) is 86.6 cm³/mol. The van der Waals surface area contributed by atoms with Gasteiger partial charge < -0.3 is 9.84 Å². The fourth-order valence-electron chi connectivity index (χ4n) is 1.71. The van der Waals surface area contributed by atoms with Gasteiger partial charge in [0.15, 0.2) is 0 Å². The topological polar surface area (TPSA) is 46.5 Å². The number of aliphatic carboxylic acids is 1. The van der Waals surface area contributed by atoms with E-state index in [-0.39, 0.29) is 0 Å². The van der Waals surface area contributed by atoms with E-state index in [1.165, 1.54) is 6.08 Å². The zero-order chi connectivity index (χ0) is 15.2. The Morgan fingerprint density at radius 2 is 2.05 bits per heavy atom. The minimum Gasteiger partial charge on any atom is -0.488 e. The summed E-state index contributed by atoms with van der Waals surface area (Å²) in [6, 6.07) is 12.8.